The minimum Gasteiger partial charge on any atom is -0.488 e. The van der Waals surface area contributed by atoms with Crippen LogP contribution in [0, 0.1) is 0 Å². The van der Waals surface area contributed by atoms with Crippen LogP contribution in [0.3, 0.4) is 0 Å². The topological polar surface area (TPSA) is 116 Å². The maximum Gasteiger partial charge on any atom is 0.324 e. The number of aromatic nitrogens is 3. The summed E-state index contributed by atoms with van der Waals surface area (Å²) in [5.41, 5.74) is 3.95. The third kappa shape index (κ3) is 7.17. The Hall–Kier alpha value is -5.12. The van der Waals surface area contributed by atoms with Gasteiger partial charge < -0.3 is 28.7 Å². The second-order valence-electron chi connectivity index (χ2n) is 10.8. The van der Waals surface area contributed by atoms with Gasteiger partial charge in [0.25, 0.3) is 5.91 Å². The lowest BCUT2D eigenvalue weighted by Crippen LogP contribution is -2.23. The minimum atomic E-state index is -0.407. The maximum absolute atomic E-state index is 13.2. The highest BCUT2D eigenvalue weighted by Crippen LogP contribution is 2.44. The molecule has 0 saturated carbocycles. The summed E-state index contributed by atoms with van der Waals surface area (Å²) in [6, 6.07) is 24.1. The van der Waals surface area contributed by atoms with Gasteiger partial charge in [-0.1, -0.05) is 84.8 Å². The van der Waals surface area contributed by atoms with Crippen LogP contribution in [0.15, 0.2) is 81.8 Å². The van der Waals surface area contributed by atoms with Crippen molar-refractivity contribution < 1.29 is 23.3 Å². The number of benzene rings is 3. The summed E-state index contributed by atoms with van der Waals surface area (Å²) in [5.74, 6) is 1.36. The molecule has 2 aromatic heterocycles. The summed E-state index contributed by atoms with van der Waals surface area (Å²) in [4.78, 5) is 19.8. The number of anilines is 1. The van der Waals surface area contributed by atoms with Crippen molar-refractivity contribution in [3.8, 4) is 34.2 Å². The summed E-state index contributed by atoms with van der Waals surface area (Å²) >= 11 is 0. The van der Waals surface area contributed by atoms with Gasteiger partial charge in [-0.2, -0.15) is 4.98 Å². The van der Waals surface area contributed by atoms with Crippen LogP contribution >= 0.6 is 0 Å². The van der Waals surface area contributed by atoms with Gasteiger partial charge in [0.1, 0.15) is 30.3 Å². The Balaban J connectivity index is 1.66. The third-order valence-electron chi connectivity index (χ3n) is 7.37. The average molecular weight is 610 g/mol. The molecule has 0 saturated heterocycles. The van der Waals surface area contributed by atoms with E-state index in [-0.39, 0.29) is 17.4 Å². The van der Waals surface area contributed by atoms with Crippen LogP contribution in [0.5, 0.6) is 11.5 Å². The number of hydrogen-bond donors (Lipinski definition) is 1. The Kier molecular flexibility index (Phi) is 10.1. The van der Waals surface area contributed by atoms with E-state index >= 15 is 0 Å². The molecule has 1 amide bonds. The molecular weight excluding hydrogens is 570 g/mol. The fraction of sp³-hybridized carbons (Fsp3) is 0.314. The Morgan fingerprint density at radius 2 is 1.47 bits per heavy atom. The van der Waals surface area contributed by atoms with E-state index in [2.05, 4.69) is 34.5 Å². The fourth-order valence-corrected chi connectivity index (χ4v) is 4.94. The molecule has 5 aromatic rings. The van der Waals surface area contributed by atoms with E-state index in [1.807, 2.05) is 98.5 Å². The minimum absolute atomic E-state index is 0.0586. The Morgan fingerprint density at radius 3 is 2.04 bits per heavy atom. The van der Waals surface area contributed by atoms with Crippen molar-refractivity contribution in [1.82, 2.24) is 20.6 Å². The van der Waals surface area contributed by atoms with Crippen LogP contribution in [0.1, 0.15) is 67.7 Å². The maximum atomic E-state index is 13.2. The van der Waals surface area contributed by atoms with E-state index in [1.54, 1.807) is 0 Å². The Bertz CT molecular complexity index is 1690. The smallest absolute Gasteiger partial charge is 0.324 e. The van der Waals surface area contributed by atoms with Gasteiger partial charge >= 0.3 is 6.01 Å². The molecule has 0 fully saturated rings. The number of ether oxygens (including phenoxy) is 2. The molecule has 10 heteroatoms. The van der Waals surface area contributed by atoms with Crippen molar-refractivity contribution in [2.75, 3.05) is 24.5 Å². The van der Waals surface area contributed by atoms with Crippen molar-refractivity contribution in [2.45, 2.75) is 53.8 Å². The Labute approximate surface area is 263 Å². The van der Waals surface area contributed by atoms with E-state index in [0.29, 0.717) is 67.2 Å². The quantitative estimate of drug-likeness (QED) is 0.139. The van der Waals surface area contributed by atoms with Gasteiger partial charge in [-0.3, -0.25) is 4.79 Å². The van der Waals surface area contributed by atoms with E-state index in [0.717, 1.165) is 16.7 Å². The number of amides is 1. The summed E-state index contributed by atoms with van der Waals surface area (Å²) in [6.45, 7) is 12.5. The average Bonchev–Trinajstić information content (AvgIpc) is 3.72. The first-order valence-electron chi connectivity index (χ1n) is 15.3. The summed E-state index contributed by atoms with van der Waals surface area (Å²) < 4.78 is 24.4. The van der Waals surface area contributed by atoms with Crippen LogP contribution < -0.4 is 19.7 Å². The lowest BCUT2D eigenvalue weighted by Gasteiger charge is -2.19. The van der Waals surface area contributed by atoms with Crippen molar-refractivity contribution >= 4 is 11.9 Å². The van der Waals surface area contributed by atoms with Crippen LogP contribution in [-0.2, 0) is 13.2 Å². The molecule has 0 bridgehead atoms. The molecule has 234 valence electrons. The predicted octanol–water partition coefficient (Wildman–Crippen LogP) is 7.27. The molecule has 0 aliphatic rings. The first-order valence-corrected chi connectivity index (χ1v) is 15.3. The predicted molar refractivity (Wildman–Crippen MR) is 172 cm³/mol. The van der Waals surface area contributed by atoms with Crippen molar-refractivity contribution in [2.24, 2.45) is 0 Å². The van der Waals surface area contributed by atoms with Crippen LogP contribution in [0.2, 0.25) is 0 Å². The number of hydrogen-bond acceptors (Lipinski definition) is 9. The van der Waals surface area contributed by atoms with Gasteiger partial charge in [-0.25, -0.2) is 0 Å². The third-order valence-corrected chi connectivity index (χ3v) is 7.37. The molecule has 0 aliphatic carbocycles. The van der Waals surface area contributed by atoms with Gasteiger partial charge in [-0.05, 0) is 49.4 Å². The van der Waals surface area contributed by atoms with Crippen molar-refractivity contribution in [3.63, 3.8) is 0 Å². The number of rotatable bonds is 14. The van der Waals surface area contributed by atoms with Crippen molar-refractivity contribution in [1.29, 1.82) is 0 Å². The van der Waals surface area contributed by atoms with Gasteiger partial charge in [0.05, 0.1) is 5.56 Å². The molecule has 0 unspecified atom stereocenters. The SMILES string of the molecule is CCNC(=O)c1noc(-c2cc(C(C)C)c(OCc3ccccc3)cc2OCc2ccccc2)c1-c1noc(N(CC)CC)n1. The summed E-state index contributed by atoms with van der Waals surface area (Å²) in [5, 5.41) is 11.3. The summed E-state index contributed by atoms with van der Waals surface area (Å²) in [6.07, 6.45) is 0. The molecule has 0 radical (unpaired) electrons. The molecule has 0 spiro atoms. The molecule has 10 nitrogen and oxygen atoms in total. The molecule has 1 N–H and O–H groups in total. The van der Waals surface area contributed by atoms with E-state index in [4.69, 9.17) is 18.5 Å². The van der Waals surface area contributed by atoms with Crippen LogP contribution in [0.25, 0.3) is 22.7 Å². The first-order chi connectivity index (χ1) is 21.9. The fourth-order valence-electron chi connectivity index (χ4n) is 4.94. The highest BCUT2D eigenvalue weighted by Gasteiger charge is 2.31. The van der Waals surface area contributed by atoms with Gasteiger partial charge in [0.2, 0.25) is 5.82 Å². The second-order valence-corrected chi connectivity index (χ2v) is 10.8. The number of carbonyl (C=O) groups excluding carboxylic acids is 1. The van der Waals surface area contributed by atoms with Crippen LogP contribution in [-0.4, -0.2) is 40.8 Å². The molecule has 3 aromatic carbocycles. The Morgan fingerprint density at radius 1 is 0.844 bits per heavy atom. The second kappa shape index (κ2) is 14.6. The van der Waals surface area contributed by atoms with E-state index in [1.165, 1.54) is 0 Å². The zero-order valence-corrected chi connectivity index (χ0v) is 26.4. The number of nitrogens with one attached hydrogen (secondary N) is 1. The monoisotopic (exact) mass is 609 g/mol. The van der Waals surface area contributed by atoms with E-state index in [9.17, 15) is 4.79 Å². The highest BCUT2D eigenvalue weighted by molar-refractivity contribution is 6.01. The largest absolute Gasteiger partial charge is 0.488 e. The highest BCUT2D eigenvalue weighted by atomic mass is 16.5. The first kappa shape index (κ1) is 31.3. The molecular formula is C35H39N5O5. The summed E-state index contributed by atoms with van der Waals surface area (Å²) in [7, 11) is 0. The number of nitrogens with zero attached hydrogens (tertiary/aromatic N) is 4. The standard InChI is InChI=1S/C35H39N5O5/c1-6-36-34(41)31-30(33-37-35(45-39-33)40(7-2)8-3)32(44-38-31)27-19-26(23(4)5)28(42-21-24-15-11-9-12-16-24)20-29(27)43-22-25-17-13-10-14-18-25/h9-20,23H,6-8,21-22H2,1-5H3,(H,36,41). The molecule has 2 heterocycles. The zero-order valence-electron chi connectivity index (χ0n) is 26.4. The van der Waals surface area contributed by atoms with Crippen LogP contribution in [0.4, 0.5) is 6.01 Å². The molecule has 5 rings (SSSR count). The van der Waals surface area contributed by atoms with Crippen molar-refractivity contribution in [3.05, 3.63) is 95.2 Å². The molecule has 0 atom stereocenters. The normalized spacial score (nSPS) is 11.1. The lowest BCUT2D eigenvalue weighted by molar-refractivity contribution is 0.0947. The van der Waals surface area contributed by atoms with Gasteiger partial charge in [0, 0.05) is 25.7 Å². The lowest BCUT2D eigenvalue weighted by atomic mass is 9.96. The molecule has 45 heavy (non-hydrogen) atoms. The number of carbonyl (C=O) groups is 1. The van der Waals surface area contributed by atoms with Gasteiger partial charge in [-0.15, -0.1) is 0 Å². The molecule has 0 aliphatic heterocycles. The van der Waals surface area contributed by atoms with Gasteiger partial charge in [0.15, 0.2) is 11.5 Å². The zero-order chi connectivity index (χ0) is 31.8. The van der Waals surface area contributed by atoms with E-state index < -0.39 is 5.91 Å².